The molecule has 416 valence electrons. The van der Waals surface area contributed by atoms with Crippen LogP contribution < -0.4 is 21.3 Å². The molecule has 0 saturated carbocycles. The van der Waals surface area contributed by atoms with Crippen LogP contribution in [0.25, 0.3) is 0 Å². The number of unbranched alkanes of at least 4 members (excludes halogenated alkanes) is 2. The van der Waals surface area contributed by atoms with E-state index >= 15 is 0 Å². The largest absolute Gasteiger partial charge is 0.445 e. The van der Waals surface area contributed by atoms with Crippen LogP contribution in [0.2, 0.25) is 0 Å². The Morgan fingerprint density at radius 2 is 1.51 bits per heavy atom. The second-order valence-electron chi connectivity index (χ2n) is 20.5. The first-order valence-corrected chi connectivity index (χ1v) is 26.4. The van der Waals surface area contributed by atoms with Crippen molar-refractivity contribution in [3.8, 4) is 0 Å². The zero-order chi connectivity index (χ0) is 55.9. The molecule has 0 bridgehead atoms. The van der Waals surface area contributed by atoms with Crippen molar-refractivity contribution in [1.82, 2.24) is 30.7 Å². The van der Waals surface area contributed by atoms with Gasteiger partial charge < -0.3 is 50.8 Å². The Morgan fingerprint density at radius 1 is 0.840 bits per heavy atom. The average Bonchev–Trinajstić information content (AvgIpc) is 3.87. The van der Waals surface area contributed by atoms with Gasteiger partial charge >= 0.3 is 6.09 Å². The monoisotopic (exact) mass is 1050 g/mol. The van der Waals surface area contributed by atoms with E-state index < -0.39 is 84.2 Å². The van der Waals surface area contributed by atoms with Crippen LogP contribution in [0.3, 0.4) is 0 Å². The van der Waals surface area contributed by atoms with Crippen LogP contribution in [0.5, 0.6) is 0 Å². The van der Waals surface area contributed by atoms with E-state index in [2.05, 4.69) is 21.3 Å². The fraction of sp³-hybridized carbons (Fsp3) is 0.607. The molecule has 2 aromatic rings. The molecule has 19 heteroatoms. The molecule has 1 saturated heterocycles. The highest BCUT2D eigenvalue weighted by Gasteiger charge is 2.43. The number of methoxy groups -OCH3 is 1. The topological polar surface area (TPSA) is 253 Å². The van der Waals surface area contributed by atoms with Crippen LogP contribution in [0, 0.1) is 23.7 Å². The first kappa shape index (κ1) is 63.1. The zero-order valence-electron chi connectivity index (χ0n) is 46.0. The number of nitrogens with one attached hydrogen (secondary N) is 4. The van der Waals surface area contributed by atoms with E-state index in [9.17, 15) is 48.6 Å². The maximum atomic E-state index is 14.5. The Morgan fingerprint density at radius 3 is 2.11 bits per heavy atom. The van der Waals surface area contributed by atoms with Gasteiger partial charge in [-0.2, -0.15) is 0 Å². The number of rotatable bonds is 30. The van der Waals surface area contributed by atoms with E-state index in [1.165, 1.54) is 24.0 Å². The van der Waals surface area contributed by atoms with Crippen molar-refractivity contribution in [2.24, 2.45) is 23.7 Å². The van der Waals surface area contributed by atoms with E-state index in [0.717, 1.165) is 18.6 Å². The molecule has 0 aromatic heterocycles. The standard InChI is InChI=1S/C56H85N7O12/c1-12-37(6)50(44(65)33-47(68)63-31-19-23-43(63)52(74-11)38(7)53(70)58-39(8)51(69)41-21-15-13-16-22-41)61(9)55(72)48(35(2)3)60-54(71)49(36(4)5)62(10)56(73)75-34-40-26-28-42(29-27-40)59-46(67)24-17-14-18-30-57-45(66)25-20-32-64/h13,15-16,20-22,25-29,32,35-39,43-44,48-52,65,69H,12,14,17-19,23-24,30-31,33-34H2,1-11H3,(H,57,66)(H,58,70)(H,59,67)(H,60,71)/b25-20-/t37-,38+,39+,43-,44+,48-,49-,50-,51+,52+/m0/s1. The number of likely N-dealkylation sites (N-methyl/N-ethyl adjacent to an activating group) is 2. The average molecular weight is 1050 g/mol. The van der Waals surface area contributed by atoms with Crippen molar-refractivity contribution in [2.75, 3.05) is 39.6 Å². The van der Waals surface area contributed by atoms with E-state index in [1.807, 2.05) is 32.0 Å². The highest BCUT2D eigenvalue weighted by molar-refractivity contribution is 5.92. The van der Waals surface area contributed by atoms with Crippen molar-refractivity contribution >= 4 is 53.5 Å². The number of likely N-dealkylation sites (tertiary alicyclic amines) is 1. The van der Waals surface area contributed by atoms with Gasteiger partial charge in [0.05, 0.1) is 48.8 Å². The highest BCUT2D eigenvalue weighted by atomic mass is 16.6. The summed E-state index contributed by atoms with van der Waals surface area (Å²) < 4.78 is 11.5. The van der Waals surface area contributed by atoms with Crippen LogP contribution in [-0.4, -0.2) is 149 Å². The molecule has 10 atom stereocenters. The molecule has 0 aliphatic carbocycles. The Bertz CT molecular complexity index is 2190. The van der Waals surface area contributed by atoms with Crippen LogP contribution in [-0.2, 0) is 49.6 Å². The van der Waals surface area contributed by atoms with E-state index in [1.54, 1.807) is 89.9 Å². The van der Waals surface area contributed by atoms with Gasteiger partial charge in [-0.15, -0.1) is 0 Å². The third-order valence-corrected chi connectivity index (χ3v) is 14.1. The number of hydrogen-bond acceptors (Lipinski definition) is 12. The van der Waals surface area contributed by atoms with Gasteiger partial charge in [-0.25, -0.2) is 4.79 Å². The predicted octanol–water partition coefficient (Wildman–Crippen LogP) is 5.30. The number of nitrogens with zero attached hydrogens (tertiary/aromatic N) is 3. The SMILES string of the molecule is CC[C@H](C)[C@@H]([C@H](O)CC(=O)N1CCC[C@H]1[C@H](OC)[C@@H](C)C(=O)N[C@H](C)[C@@H](O)c1ccccc1)N(C)C(=O)[C@@H](NC(=O)[C@H](C(C)C)N(C)C(=O)OCc1ccc(NC(=O)CCCCCNC(=O)/C=C\C=O)cc1)C(C)C. The molecule has 2 aromatic carbocycles. The fourth-order valence-electron chi connectivity index (χ4n) is 9.64. The smallest absolute Gasteiger partial charge is 0.410 e. The molecule has 0 unspecified atom stereocenters. The lowest BCUT2D eigenvalue weighted by Gasteiger charge is -2.40. The van der Waals surface area contributed by atoms with E-state index in [4.69, 9.17) is 9.47 Å². The summed E-state index contributed by atoms with van der Waals surface area (Å²) in [6.07, 6.45) is 2.93. The van der Waals surface area contributed by atoms with Gasteiger partial charge in [0.25, 0.3) is 0 Å². The van der Waals surface area contributed by atoms with Gasteiger partial charge in [0.15, 0.2) is 0 Å². The molecule has 1 aliphatic heterocycles. The maximum absolute atomic E-state index is 14.5. The normalized spacial score (nSPS) is 17.2. The number of hydrogen-bond donors (Lipinski definition) is 6. The quantitative estimate of drug-likeness (QED) is 0.0332. The summed E-state index contributed by atoms with van der Waals surface area (Å²) in [5.41, 5.74) is 1.87. The minimum Gasteiger partial charge on any atom is -0.445 e. The van der Waals surface area contributed by atoms with E-state index in [0.29, 0.717) is 68.3 Å². The van der Waals surface area contributed by atoms with Gasteiger partial charge in [0.2, 0.25) is 35.4 Å². The van der Waals surface area contributed by atoms with Crippen molar-refractivity contribution < 1.29 is 58.0 Å². The molecule has 7 amide bonds. The Labute approximate surface area is 443 Å². The molecule has 1 heterocycles. The molecule has 0 spiro atoms. The minimum atomic E-state index is -1.29. The number of aliphatic hydroxyl groups excluding tert-OH is 2. The fourth-order valence-corrected chi connectivity index (χ4v) is 9.64. The molecular formula is C56H85N7O12. The summed E-state index contributed by atoms with van der Waals surface area (Å²) in [4.78, 5) is 108. The molecule has 75 heavy (non-hydrogen) atoms. The highest BCUT2D eigenvalue weighted by Crippen LogP contribution is 2.30. The lowest BCUT2D eigenvalue weighted by Crippen LogP contribution is -2.60. The molecule has 19 nitrogen and oxygen atoms in total. The summed E-state index contributed by atoms with van der Waals surface area (Å²) in [6, 6.07) is 11.9. The summed E-state index contributed by atoms with van der Waals surface area (Å²) in [6.45, 7) is 15.1. The third kappa shape index (κ3) is 19.2. The van der Waals surface area contributed by atoms with Gasteiger partial charge in [0, 0.05) is 52.5 Å². The molecule has 3 rings (SSSR count). The van der Waals surface area contributed by atoms with Crippen molar-refractivity contribution in [3.63, 3.8) is 0 Å². The molecule has 0 radical (unpaired) electrons. The number of carbonyl (C=O) groups is 8. The zero-order valence-corrected chi connectivity index (χ0v) is 46.0. The van der Waals surface area contributed by atoms with Crippen LogP contribution in [0.1, 0.15) is 124 Å². The van der Waals surface area contributed by atoms with Crippen molar-refractivity contribution in [3.05, 3.63) is 77.9 Å². The summed E-state index contributed by atoms with van der Waals surface area (Å²) in [5, 5.41) is 34.1. The van der Waals surface area contributed by atoms with Gasteiger partial charge in [-0.3, -0.25) is 38.5 Å². The second kappa shape index (κ2) is 31.6. The maximum Gasteiger partial charge on any atom is 0.410 e. The first-order valence-electron chi connectivity index (χ1n) is 26.4. The lowest BCUT2D eigenvalue weighted by molar-refractivity contribution is -0.147. The molecule has 1 aliphatic rings. The Balaban J connectivity index is 1.61. The Kier molecular flexibility index (Phi) is 26.6. The number of anilines is 1. The number of aliphatic hydroxyl groups is 2. The number of amides is 7. The molecule has 6 N–H and O–H groups in total. The van der Waals surface area contributed by atoms with Crippen LogP contribution >= 0.6 is 0 Å². The van der Waals surface area contributed by atoms with Crippen molar-refractivity contribution in [1.29, 1.82) is 0 Å². The number of benzene rings is 2. The predicted molar refractivity (Wildman–Crippen MR) is 285 cm³/mol. The van der Waals surface area contributed by atoms with Crippen LogP contribution in [0.4, 0.5) is 10.5 Å². The summed E-state index contributed by atoms with van der Waals surface area (Å²) in [5.74, 6) is -4.03. The minimum absolute atomic E-state index is 0.118. The van der Waals surface area contributed by atoms with Crippen molar-refractivity contribution in [2.45, 2.75) is 162 Å². The first-order chi connectivity index (χ1) is 35.6. The van der Waals surface area contributed by atoms with Gasteiger partial charge in [0.1, 0.15) is 25.0 Å². The number of allylic oxidation sites excluding steroid dienone is 1. The number of carbonyl (C=O) groups excluding carboxylic acids is 8. The van der Waals surface area contributed by atoms with Crippen LogP contribution in [0.15, 0.2) is 66.7 Å². The molecular weight excluding hydrogens is 963 g/mol. The van der Waals surface area contributed by atoms with Gasteiger partial charge in [-0.1, -0.05) is 104 Å². The summed E-state index contributed by atoms with van der Waals surface area (Å²) >= 11 is 0. The number of aldehydes is 1. The third-order valence-electron chi connectivity index (χ3n) is 14.1. The second-order valence-corrected chi connectivity index (χ2v) is 20.5. The number of ether oxygens (including phenoxy) is 2. The molecule has 1 fully saturated rings. The Hall–Kier alpha value is -6.18. The van der Waals surface area contributed by atoms with E-state index in [-0.39, 0.29) is 49.0 Å². The lowest BCUT2D eigenvalue weighted by atomic mass is 9.89. The summed E-state index contributed by atoms with van der Waals surface area (Å²) in [7, 11) is 4.51. The van der Waals surface area contributed by atoms with Gasteiger partial charge in [-0.05, 0) is 79.7 Å².